The Morgan fingerprint density at radius 2 is 1.75 bits per heavy atom. The highest BCUT2D eigenvalue weighted by molar-refractivity contribution is 5.92. The molecular formula is C24H34O4. The van der Waals surface area contributed by atoms with Gasteiger partial charge in [-0.3, -0.25) is 14.4 Å². The first-order valence-corrected chi connectivity index (χ1v) is 11.0. The Hall–Kier alpha value is -1.45. The lowest BCUT2D eigenvalue weighted by Gasteiger charge is -2.60. The minimum atomic E-state index is -0.959. The summed E-state index contributed by atoms with van der Waals surface area (Å²) in [4.78, 5) is 36.9. The minimum absolute atomic E-state index is 0.00499. The number of fused-ring (bicyclic) bond motifs is 5. The van der Waals surface area contributed by atoms with Gasteiger partial charge in [-0.1, -0.05) is 26.3 Å². The van der Waals surface area contributed by atoms with Gasteiger partial charge in [0.15, 0.2) is 17.2 Å². The Labute approximate surface area is 168 Å². The van der Waals surface area contributed by atoms with Crippen LogP contribution in [0.2, 0.25) is 0 Å². The number of esters is 1. The lowest BCUT2D eigenvalue weighted by Crippen LogP contribution is -2.59. The van der Waals surface area contributed by atoms with E-state index >= 15 is 0 Å². The Balaban J connectivity index is 1.72. The molecule has 4 aliphatic rings. The van der Waals surface area contributed by atoms with E-state index in [1.165, 1.54) is 12.5 Å². The molecule has 3 fully saturated rings. The number of Topliss-reactive ketones (excluding diaryl/α,β-unsaturated/α-hetero) is 1. The molecule has 0 aromatic carbocycles. The fourth-order valence-electron chi connectivity index (χ4n) is 8.00. The monoisotopic (exact) mass is 386 g/mol. The van der Waals surface area contributed by atoms with Crippen LogP contribution in [-0.4, -0.2) is 23.1 Å². The van der Waals surface area contributed by atoms with Gasteiger partial charge in [0.1, 0.15) is 0 Å². The average Bonchev–Trinajstić information content (AvgIpc) is 2.89. The SMILES string of the molecule is CC(=O)O[C@@]1(C(C)=O)CC[C@H]2[C@@H]3CCC4=CC(=O)CC(C)[C@]4(C)[C@H]3CC[C@@]21C. The summed E-state index contributed by atoms with van der Waals surface area (Å²) in [5, 5.41) is 0. The van der Waals surface area contributed by atoms with Gasteiger partial charge in [-0.25, -0.2) is 0 Å². The summed E-state index contributed by atoms with van der Waals surface area (Å²) in [6.45, 7) is 9.85. The van der Waals surface area contributed by atoms with Crippen molar-refractivity contribution in [2.24, 2.45) is 34.5 Å². The molecule has 28 heavy (non-hydrogen) atoms. The molecule has 0 aromatic heterocycles. The molecule has 0 spiro atoms. The molecular weight excluding hydrogens is 352 g/mol. The molecule has 0 N–H and O–H groups in total. The second-order valence-corrected chi connectivity index (χ2v) is 10.4. The Morgan fingerprint density at radius 3 is 2.39 bits per heavy atom. The summed E-state index contributed by atoms with van der Waals surface area (Å²) in [7, 11) is 0. The van der Waals surface area contributed by atoms with Crippen LogP contribution < -0.4 is 0 Å². The van der Waals surface area contributed by atoms with Crippen LogP contribution in [0.1, 0.15) is 79.6 Å². The third-order valence-corrected chi connectivity index (χ3v) is 9.52. The number of rotatable bonds is 2. The van der Waals surface area contributed by atoms with Crippen LogP contribution in [0.5, 0.6) is 0 Å². The van der Waals surface area contributed by atoms with Gasteiger partial charge < -0.3 is 4.74 Å². The molecule has 0 aromatic rings. The zero-order valence-corrected chi connectivity index (χ0v) is 18.0. The smallest absolute Gasteiger partial charge is 0.303 e. The number of ether oxygens (including phenoxy) is 1. The first-order valence-electron chi connectivity index (χ1n) is 11.0. The van der Waals surface area contributed by atoms with Gasteiger partial charge in [0.05, 0.1) is 0 Å². The highest BCUT2D eigenvalue weighted by atomic mass is 16.6. The molecule has 0 aliphatic heterocycles. The van der Waals surface area contributed by atoms with Crippen LogP contribution in [0.15, 0.2) is 11.6 Å². The molecule has 3 saturated carbocycles. The Morgan fingerprint density at radius 1 is 1.07 bits per heavy atom. The van der Waals surface area contributed by atoms with E-state index < -0.39 is 5.60 Å². The van der Waals surface area contributed by atoms with Crippen LogP contribution in [0.3, 0.4) is 0 Å². The third kappa shape index (κ3) is 2.39. The van der Waals surface area contributed by atoms with Crippen molar-refractivity contribution in [3.8, 4) is 0 Å². The van der Waals surface area contributed by atoms with Crippen LogP contribution >= 0.6 is 0 Å². The fraction of sp³-hybridized carbons (Fsp3) is 0.792. The second kappa shape index (κ2) is 6.27. The van der Waals surface area contributed by atoms with Crippen molar-refractivity contribution in [2.45, 2.75) is 85.2 Å². The zero-order chi connectivity index (χ0) is 20.5. The van der Waals surface area contributed by atoms with E-state index in [1.54, 1.807) is 6.92 Å². The van der Waals surface area contributed by atoms with Crippen LogP contribution in [0.25, 0.3) is 0 Å². The predicted molar refractivity (Wildman–Crippen MR) is 106 cm³/mol. The van der Waals surface area contributed by atoms with Crippen LogP contribution in [0.4, 0.5) is 0 Å². The van der Waals surface area contributed by atoms with Crippen molar-refractivity contribution >= 4 is 17.5 Å². The average molecular weight is 387 g/mol. The van der Waals surface area contributed by atoms with Crippen LogP contribution in [0, 0.1) is 34.5 Å². The number of ketones is 2. The van der Waals surface area contributed by atoms with Gasteiger partial charge in [0, 0.05) is 18.8 Å². The molecule has 4 heteroatoms. The normalized spacial score (nSPS) is 47.5. The topological polar surface area (TPSA) is 60.4 Å². The third-order valence-electron chi connectivity index (χ3n) is 9.52. The van der Waals surface area contributed by atoms with Crippen LogP contribution in [-0.2, 0) is 19.1 Å². The van der Waals surface area contributed by atoms with Crippen molar-refractivity contribution in [1.29, 1.82) is 0 Å². The number of carbonyl (C=O) groups excluding carboxylic acids is 3. The maximum absolute atomic E-state index is 12.8. The van der Waals surface area contributed by atoms with E-state index in [2.05, 4.69) is 20.8 Å². The molecule has 4 rings (SSSR count). The lowest BCUT2D eigenvalue weighted by molar-refractivity contribution is -0.187. The van der Waals surface area contributed by atoms with Gasteiger partial charge in [0.2, 0.25) is 0 Å². The van der Waals surface area contributed by atoms with Crippen molar-refractivity contribution < 1.29 is 19.1 Å². The molecule has 0 heterocycles. The lowest BCUT2D eigenvalue weighted by atomic mass is 9.44. The largest absolute Gasteiger partial charge is 0.451 e. The molecule has 0 radical (unpaired) electrons. The van der Waals surface area contributed by atoms with Crippen molar-refractivity contribution in [3.63, 3.8) is 0 Å². The first-order chi connectivity index (χ1) is 13.1. The van der Waals surface area contributed by atoms with Gasteiger partial charge in [-0.15, -0.1) is 0 Å². The maximum Gasteiger partial charge on any atom is 0.303 e. The summed E-state index contributed by atoms with van der Waals surface area (Å²) < 4.78 is 5.83. The van der Waals surface area contributed by atoms with E-state index in [0.29, 0.717) is 36.5 Å². The highest BCUT2D eigenvalue weighted by Crippen LogP contribution is 2.69. The molecule has 1 unspecified atom stereocenters. The zero-order valence-electron chi connectivity index (χ0n) is 18.0. The summed E-state index contributed by atoms with van der Waals surface area (Å²) in [6, 6.07) is 0. The van der Waals surface area contributed by atoms with Gasteiger partial charge in [-0.2, -0.15) is 0 Å². The van der Waals surface area contributed by atoms with Gasteiger partial charge in [0.25, 0.3) is 0 Å². The molecule has 7 atom stereocenters. The molecule has 0 saturated heterocycles. The van der Waals surface area contributed by atoms with Gasteiger partial charge in [-0.05, 0) is 80.6 Å². The number of carbonyl (C=O) groups is 3. The first kappa shape index (κ1) is 19.8. The molecule has 154 valence electrons. The van der Waals surface area contributed by atoms with E-state index in [4.69, 9.17) is 4.74 Å². The number of hydrogen-bond acceptors (Lipinski definition) is 4. The van der Waals surface area contributed by atoms with E-state index in [9.17, 15) is 14.4 Å². The standard InChI is InChI=1S/C24H34O4/c1-14-12-18(27)13-17-6-7-19-20-9-11-24(15(2)25,28-16(3)26)22(20,4)10-8-21(19)23(14,17)5/h13-14,19-21H,6-12H2,1-5H3/t14?,19-,20-,21-,22-,23-,24+/m0/s1. The fourth-order valence-corrected chi connectivity index (χ4v) is 8.00. The summed E-state index contributed by atoms with van der Waals surface area (Å²) in [5.74, 6) is 1.79. The predicted octanol–water partition coefficient (Wildman–Crippen LogP) is 4.66. The summed E-state index contributed by atoms with van der Waals surface area (Å²) in [5.41, 5.74) is 0.203. The van der Waals surface area contributed by atoms with Crippen molar-refractivity contribution in [3.05, 3.63) is 11.6 Å². The van der Waals surface area contributed by atoms with E-state index in [-0.39, 0.29) is 28.4 Å². The van der Waals surface area contributed by atoms with E-state index in [1.807, 2.05) is 6.08 Å². The Kier molecular flexibility index (Phi) is 4.45. The molecule has 4 aliphatic carbocycles. The van der Waals surface area contributed by atoms with Crippen molar-refractivity contribution in [1.82, 2.24) is 0 Å². The molecule has 4 nitrogen and oxygen atoms in total. The molecule has 0 amide bonds. The number of allylic oxidation sites excluding steroid dienone is 1. The van der Waals surface area contributed by atoms with E-state index in [0.717, 1.165) is 32.1 Å². The second-order valence-electron chi connectivity index (χ2n) is 10.4. The minimum Gasteiger partial charge on any atom is -0.451 e. The van der Waals surface area contributed by atoms with Crippen molar-refractivity contribution in [2.75, 3.05) is 0 Å². The Bertz CT molecular complexity index is 767. The molecule has 0 bridgehead atoms. The highest BCUT2D eigenvalue weighted by Gasteiger charge is 2.68. The number of hydrogen-bond donors (Lipinski definition) is 0. The van der Waals surface area contributed by atoms with Gasteiger partial charge >= 0.3 is 5.97 Å². The summed E-state index contributed by atoms with van der Waals surface area (Å²) >= 11 is 0. The quantitative estimate of drug-likeness (QED) is 0.648. The summed E-state index contributed by atoms with van der Waals surface area (Å²) in [6.07, 6.45) is 8.22. The maximum atomic E-state index is 12.8.